The Kier molecular flexibility index (Phi) is 6.86. The van der Waals surface area contributed by atoms with Crippen molar-refractivity contribution in [3.8, 4) is 0 Å². The molecule has 25 heavy (non-hydrogen) atoms. The van der Waals surface area contributed by atoms with E-state index in [9.17, 15) is 9.59 Å². The van der Waals surface area contributed by atoms with Gasteiger partial charge in [-0.25, -0.2) is 4.79 Å². The quantitative estimate of drug-likeness (QED) is 0.767. The van der Waals surface area contributed by atoms with Gasteiger partial charge in [0, 0.05) is 0 Å². The topological polar surface area (TPSA) is 73.9 Å². The largest absolute Gasteiger partial charge is 0.493 e. The van der Waals surface area contributed by atoms with Crippen molar-refractivity contribution < 1.29 is 23.8 Å². The summed E-state index contributed by atoms with van der Waals surface area (Å²) in [6.07, 6.45) is 2.23. The summed E-state index contributed by atoms with van der Waals surface area (Å²) in [4.78, 5) is 23.7. The van der Waals surface area contributed by atoms with Crippen molar-refractivity contribution in [2.45, 2.75) is 33.2 Å². The van der Waals surface area contributed by atoms with E-state index in [-0.39, 0.29) is 30.9 Å². The number of rotatable bonds is 7. The highest BCUT2D eigenvalue weighted by atomic mass is 16.6. The highest BCUT2D eigenvalue weighted by Gasteiger charge is 2.18. The van der Waals surface area contributed by atoms with Crippen molar-refractivity contribution in [2.24, 2.45) is 5.92 Å². The van der Waals surface area contributed by atoms with E-state index in [1.807, 2.05) is 19.1 Å². The van der Waals surface area contributed by atoms with Crippen LogP contribution in [0.2, 0.25) is 0 Å². The van der Waals surface area contributed by atoms with Gasteiger partial charge < -0.3 is 19.5 Å². The lowest BCUT2D eigenvalue weighted by Crippen LogP contribution is -2.31. The summed E-state index contributed by atoms with van der Waals surface area (Å²) in [7, 11) is 0. The minimum absolute atomic E-state index is 0.0205. The van der Waals surface area contributed by atoms with Gasteiger partial charge in [-0.2, -0.15) is 0 Å². The van der Waals surface area contributed by atoms with Crippen LogP contribution < -0.4 is 5.32 Å². The molecule has 1 aromatic carbocycles. The summed E-state index contributed by atoms with van der Waals surface area (Å²) >= 11 is 0. The van der Waals surface area contributed by atoms with Crippen LogP contribution in [0.5, 0.6) is 0 Å². The molecular formula is C19H25NO5. The number of amides is 1. The molecule has 0 fully saturated rings. The maximum Gasteiger partial charge on any atom is 0.377 e. The van der Waals surface area contributed by atoms with Crippen molar-refractivity contribution in [2.75, 3.05) is 19.8 Å². The third-order valence-corrected chi connectivity index (χ3v) is 3.69. The van der Waals surface area contributed by atoms with E-state index in [0.29, 0.717) is 12.5 Å². The summed E-state index contributed by atoms with van der Waals surface area (Å²) in [5.41, 5.74) is 2.27. The fourth-order valence-corrected chi connectivity index (χ4v) is 2.46. The van der Waals surface area contributed by atoms with Gasteiger partial charge >= 0.3 is 5.97 Å². The molecule has 1 heterocycles. The first-order valence-corrected chi connectivity index (χ1v) is 8.45. The maximum absolute atomic E-state index is 11.9. The fraction of sp³-hybridized carbons (Fsp3) is 0.474. The molecule has 136 valence electrons. The Morgan fingerprint density at radius 1 is 1.16 bits per heavy atom. The van der Waals surface area contributed by atoms with Crippen LogP contribution in [0.4, 0.5) is 0 Å². The zero-order valence-electron chi connectivity index (χ0n) is 14.9. The molecule has 0 aliphatic carbocycles. The zero-order chi connectivity index (χ0) is 18.2. The van der Waals surface area contributed by atoms with Crippen LogP contribution in [0.15, 0.2) is 36.3 Å². The lowest BCUT2D eigenvalue weighted by Gasteiger charge is -2.16. The monoisotopic (exact) mass is 347 g/mol. The maximum atomic E-state index is 11.9. The smallest absolute Gasteiger partial charge is 0.377 e. The van der Waals surface area contributed by atoms with Crippen LogP contribution in [-0.2, 0) is 30.2 Å². The Labute approximate surface area is 148 Å². The average molecular weight is 347 g/mol. The number of hydrogen-bond acceptors (Lipinski definition) is 5. The van der Waals surface area contributed by atoms with E-state index in [1.165, 1.54) is 11.8 Å². The number of ether oxygens (including phenoxy) is 3. The Hall–Kier alpha value is -2.50. The Bertz CT molecular complexity index is 621. The van der Waals surface area contributed by atoms with Crippen molar-refractivity contribution in [3.05, 3.63) is 47.4 Å². The molecule has 2 rings (SSSR count). The zero-order valence-corrected chi connectivity index (χ0v) is 14.9. The van der Waals surface area contributed by atoms with Gasteiger partial charge in [0.1, 0.15) is 19.5 Å². The first kappa shape index (κ1) is 18.8. The molecule has 0 bridgehead atoms. The summed E-state index contributed by atoms with van der Waals surface area (Å²) in [6, 6.07) is 7.99. The molecule has 6 heteroatoms. The van der Waals surface area contributed by atoms with Gasteiger partial charge in [0.2, 0.25) is 5.76 Å². The van der Waals surface area contributed by atoms with Gasteiger partial charge in [-0.1, -0.05) is 38.1 Å². The summed E-state index contributed by atoms with van der Waals surface area (Å²) < 4.78 is 15.0. The first-order valence-electron chi connectivity index (χ1n) is 8.45. The van der Waals surface area contributed by atoms with Crippen molar-refractivity contribution in [3.63, 3.8) is 0 Å². The van der Waals surface area contributed by atoms with E-state index < -0.39 is 5.97 Å². The van der Waals surface area contributed by atoms with Crippen LogP contribution in [0.1, 0.15) is 37.9 Å². The van der Waals surface area contributed by atoms with Crippen molar-refractivity contribution >= 4 is 11.9 Å². The molecule has 0 saturated carbocycles. The van der Waals surface area contributed by atoms with E-state index in [4.69, 9.17) is 14.2 Å². The van der Waals surface area contributed by atoms with E-state index in [0.717, 1.165) is 12.0 Å². The third-order valence-electron chi connectivity index (χ3n) is 3.69. The van der Waals surface area contributed by atoms with Gasteiger partial charge in [-0.3, -0.25) is 4.79 Å². The van der Waals surface area contributed by atoms with Crippen LogP contribution >= 0.6 is 0 Å². The Morgan fingerprint density at radius 3 is 2.48 bits per heavy atom. The minimum atomic E-state index is -0.708. The molecule has 1 aliphatic rings. The number of carbonyl (C=O) groups is 2. The number of benzene rings is 1. The van der Waals surface area contributed by atoms with Crippen LogP contribution in [0, 0.1) is 5.92 Å². The standard InChI is InChI=1S/C19H25NO5/c1-13(2)10-15-4-6-16(7-5-15)14(3)20-18(21)12-25-19(22)17-11-23-8-9-24-17/h4-7,11,13-14H,8-10,12H2,1-3H3,(H,20,21)/t14-/m0/s1. The van der Waals surface area contributed by atoms with Gasteiger partial charge in [-0.05, 0) is 30.4 Å². The first-order chi connectivity index (χ1) is 12.0. The molecule has 0 unspecified atom stereocenters. The average Bonchev–Trinajstić information content (AvgIpc) is 2.60. The van der Waals surface area contributed by atoms with E-state index in [1.54, 1.807) is 0 Å². The second-order valence-electron chi connectivity index (χ2n) is 6.41. The molecule has 1 amide bonds. The lowest BCUT2D eigenvalue weighted by molar-refractivity contribution is -0.149. The van der Waals surface area contributed by atoms with Crippen LogP contribution in [0.25, 0.3) is 0 Å². The van der Waals surface area contributed by atoms with Gasteiger partial charge in [0.15, 0.2) is 6.61 Å². The molecule has 1 N–H and O–H groups in total. The van der Waals surface area contributed by atoms with E-state index >= 15 is 0 Å². The lowest BCUT2D eigenvalue weighted by atomic mass is 10.00. The predicted octanol–water partition coefficient (Wildman–Crippen LogP) is 2.49. The molecule has 0 spiro atoms. The molecule has 1 aromatic rings. The second kappa shape index (κ2) is 9.11. The molecular weight excluding hydrogens is 322 g/mol. The fourth-order valence-electron chi connectivity index (χ4n) is 2.46. The van der Waals surface area contributed by atoms with Crippen LogP contribution in [-0.4, -0.2) is 31.7 Å². The SMILES string of the molecule is CC(C)Cc1ccc([C@H](C)NC(=O)COC(=O)C2=COCCO2)cc1. The summed E-state index contributed by atoms with van der Waals surface area (Å²) in [5.74, 6) is -0.496. The Morgan fingerprint density at radius 2 is 1.88 bits per heavy atom. The minimum Gasteiger partial charge on any atom is -0.493 e. The Balaban J connectivity index is 1.79. The van der Waals surface area contributed by atoms with E-state index in [2.05, 4.69) is 31.3 Å². The predicted molar refractivity (Wildman–Crippen MR) is 92.5 cm³/mol. The molecule has 0 saturated heterocycles. The van der Waals surface area contributed by atoms with Gasteiger partial charge in [0.05, 0.1) is 6.04 Å². The molecule has 1 atom stereocenters. The van der Waals surface area contributed by atoms with Crippen LogP contribution in [0.3, 0.4) is 0 Å². The van der Waals surface area contributed by atoms with Crippen molar-refractivity contribution in [1.29, 1.82) is 0 Å². The number of esters is 1. The highest BCUT2D eigenvalue weighted by Crippen LogP contribution is 2.15. The summed E-state index contributed by atoms with van der Waals surface area (Å²) in [5, 5.41) is 2.81. The second-order valence-corrected chi connectivity index (χ2v) is 6.41. The van der Waals surface area contributed by atoms with Crippen molar-refractivity contribution in [1.82, 2.24) is 5.32 Å². The third kappa shape index (κ3) is 6.14. The normalized spacial score (nSPS) is 14.8. The van der Waals surface area contributed by atoms with Gasteiger partial charge in [0.25, 0.3) is 5.91 Å². The molecule has 0 radical (unpaired) electrons. The molecule has 1 aliphatic heterocycles. The summed E-state index contributed by atoms with van der Waals surface area (Å²) in [6.45, 7) is 6.56. The number of nitrogens with one attached hydrogen (secondary N) is 1. The number of hydrogen-bond donors (Lipinski definition) is 1. The highest BCUT2D eigenvalue weighted by molar-refractivity contribution is 5.88. The molecule has 6 nitrogen and oxygen atoms in total. The molecule has 0 aromatic heterocycles. The number of carbonyl (C=O) groups excluding carboxylic acids is 2. The van der Waals surface area contributed by atoms with Gasteiger partial charge in [-0.15, -0.1) is 0 Å².